The topological polar surface area (TPSA) is 29.1 Å². The van der Waals surface area contributed by atoms with Crippen molar-refractivity contribution in [1.29, 1.82) is 0 Å². The lowest BCUT2D eigenvalue weighted by Gasteiger charge is -2.25. The van der Waals surface area contributed by atoms with Gasteiger partial charge in [0.1, 0.15) is 12.1 Å². The quantitative estimate of drug-likeness (QED) is 0.812. The summed E-state index contributed by atoms with van der Waals surface area (Å²) in [6.45, 7) is 2.08. The normalized spacial score (nSPS) is 18.9. The maximum atomic E-state index is 12.8. The second-order valence-electron chi connectivity index (χ2n) is 4.72. The molecule has 2 nitrogen and oxygen atoms in total. The minimum absolute atomic E-state index is 0.0845. The van der Waals surface area contributed by atoms with Gasteiger partial charge in [-0.3, -0.25) is 0 Å². The van der Waals surface area contributed by atoms with Crippen molar-refractivity contribution in [1.82, 2.24) is 5.32 Å². The molecule has 17 heavy (non-hydrogen) atoms. The van der Waals surface area contributed by atoms with Gasteiger partial charge < -0.3 is 10.1 Å². The molecule has 1 heterocycles. The maximum Gasteiger partial charge on any atom is 0.127 e. The fraction of sp³-hybridized carbons (Fsp3) is 0.500. The number of carbonyl (C=O) groups is 1. The van der Waals surface area contributed by atoms with E-state index < -0.39 is 0 Å². The molecule has 0 radical (unpaired) electrons. The fourth-order valence-corrected chi connectivity index (χ4v) is 2.46. The molecule has 1 aliphatic rings. The summed E-state index contributed by atoms with van der Waals surface area (Å²) in [7, 11) is 0. The van der Waals surface area contributed by atoms with Crippen LogP contribution >= 0.6 is 0 Å². The van der Waals surface area contributed by atoms with Crippen LogP contribution in [0.1, 0.15) is 30.7 Å². The predicted molar refractivity (Wildman–Crippen MR) is 65.4 cm³/mol. The third-order valence-electron chi connectivity index (χ3n) is 3.51. The molecular weight excluding hydrogens is 217 g/mol. The van der Waals surface area contributed by atoms with Gasteiger partial charge in [-0.25, -0.2) is 4.39 Å². The first-order chi connectivity index (χ1) is 8.29. The SMILES string of the molecule is O=CC(CC1CCNCC1)c1ccc(F)cc1. The van der Waals surface area contributed by atoms with E-state index in [9.17, 15) is 9.18 Å². The van der Waals surface area contributed by atoms with Crippen molar-refractivity contribution in [3.8, 4) is 0 Å². The smallest absolute Gasteiger partial charge is 0.127 e. The molecule has 1 fully saturated rings. The highest BCUT2D eigenvalue weighted by molar-refractivity contribution is 5.62. The van der Waals surface area contributed by atoms with Gasteiger partial charge in [0.05, 0.1) is 0 Å². The van der Waals surface area contributed by atoms with Crippen molar-refractivity contribution in [3.63, 3.8) is 0 Å². The van der Waals surface area contributed by atoms with E-state index >= 15 is 0 Å². The number of benzene rings is 1. The van der Waals surface area contributed by atoms with Crippen LogP contribution in [0.5, 0.6) is 0 Å². The molecule has 3 heteroatoms. The van der Waals surface area contributed by atoms with Crippen molar-refractivity contribution in [2.45, 2.75) is 25.2 Å². The second kappa shape index (κ2) is 5.92. The van der Waals surface area contributed by atoms with Crippen LogP contribution in [0.2, 0.25) is 0 Å². The van der Waals surface area contributed by atoms with E-state index in [4.69, 9.17) is 0 Å². The number of piperidine rings is 1. The van der Waals surface area contributed by atoms with E-state index in [1.54, 1.807) is 12.1 Å². The van der Waals surface area contributed by atoms with Crippen molar-refractivity contribution in [2.24, 2.45) is 5.92 Å². The van der Waals surface area contributed by atoms with E-state index in [1.807, 2.05) is 0 Å². The third kappa shape index (κ3) is 3.37. The first kappa shape index (κ1) is 12.2. The molecule has 2 rings (SSSR count). The lowest BCUT2D eigenvalue weighted by atomic mass is 9.85. The molecule has 0 spiro atoms. The van der Waals surface area contributed by atoms with Gasteiger partial charge in [0, 0.05) is 5.92 Å². The molecule has 1 atom stereocenters. The Balaban J connectivity index is 2.00. The lowest BCUT2D eigenvalue weighted by Crippen LogP contribution is -2.28. The van der Waals surface area contributed by atoms with Crippen LogP contribution in [0.25, 0.3) is 0 Å². The molecule has 1 unspecified atom stereocenters. The number of halogens is 1. The largest absolute Gasteiger partial charge is 0.317 e. The Morgan fingerprint density at radius 1 is 1.29 bits per heavy atom. The highest BCUT2D eigenvalue weighted by Crippen LogP contribution is 2.27. The van der Waals surface area contributed by atoms with Crippen molar-refractivity contribution in [3.05, 3.63) is 35.6 Å². The van der Waals surface area contributed by atoms with Crippen LogP contribution in [0.15, 0.2) is 24.3 Å². The third-order valence-corrected chi connectivity index (χ3v) is 3.51. The summed E-state index contributed by atoms with van der Waals surface area (Å²) >= 11 is 0. The summed E-state index contributed by atoms with van der Waals surface area (Å²) in [5.41, 5.74) is 0.930. The second-order valence-corrected chi connectivity index (χ2v) is 4.72. The van der Waals surface area contributed by atoms with E-state index in [0.29, 0.717) is 5.92 Å². The highest BCUT2D eigenvalue weighted by Gasteiger charge is 2.19. The number of carbonyl (C=O) groups excluding carboxylic acids is 1. The van der Waals surface area contributed by atoms with Gasteiger partial charge in [0.2, 0.25) is 0 Å². The van der Waals surface area contributed by atoms with Crippen LogP contribution in [0.3, 0.4) is 0 Å². The number of hydrogen-bond acceptors (Lipinski definition) is 2. The van der Waals surface area contributed by atoms with Crippen molar-refractivity contribution >= 4 is 6.29 Å². The number of rotatable bonds is 4. The van der Waals surface area contributed by atoms with Gasteiger partial charge in [-0.2, -0.15) is 0 Å². The van der Waals surface area contributed by atoms with Crippen molar-refractivity contribution < 1.29 is 9.18 Å². The molecule has 0 saturated carbocycles. The zero-order valence-electron chi connectivity index (χ0n) is 9.86. The monoisotopic (exact) mass is 235 g/mol. The predicted octanol–water partition coefficient (Wildman–Crippen LogP) is 2.50. The maximum absolute atomic E-state index is 12.8. The minimum Gasteiger partial charge on any atom is -0.317 e. The average Bonchev–Trinajstić information content (AvgIpc) is 2.38. The number of hydrogen-bond donors (Lipinski definition) is 1. The summed E-state index contributed by atoms with van der Waals surface area (Å²) in [6, 6.07) is 6.29. The zero-order valence-corrected chi connectivity index (χ0v) is 9.86. The van der Waals surface area contributed by atoms with E-state index in [-0.39, 0.29) is 11.7 Å². The summed E-state index contributed by atoms with van der Waals surface area (Å²) in [5.74, 6) is 0.274. The summed E-state index contributed by atoms with van der Waals surface area (Å²) < 4.78 is 12.8. The molecular formula is C14H18FNO. The van der Waals surface area contributed by atoms with Crippen LogP contribution in [0, 0.1) is 11.7 Å². The fourth-order valence-electron chi connectivity index (χ4n) is 2.46. The molecule has 1 aromatic carbocycles. The summed E-state index contributed by atoms with van der Waals surface area (Å²) in [5, 5.41) is 3.32. The number of nitrogens with one attached hydrogen (secondary N) is 1. The Bertz CT molecular complexity index is 357. The van der Waals surface area contributed by atoms with Gasteiger partial charge in [-0.15, -0.1) is 0 Å². The van der Waals surface area contributed by atoms with Gasteiger partial charge in [0.15, 0.2) is 0 Å². The van der Waals surface area contributed by atoms with Gasteiger partial charge in [-0.05, 0) is 56.0 Å². The summed E-state index contributed by atoms with van der Waals surface area (Å²) in [6.07, 6.45) is 4.14. The Kier molecular flexibility index (Phi) is 4.26. The molecule has 0 bridgehead atoms. The van der Waals surface area contributed by atoms with E-state index in [0.717, 1.165) is 44.2 Å². The molecule has 1 aromatic rings. The Morgan fingerprint density at radius 3 is 2.53 bits per heavy atom. The lowest BCUT2D eigenvalue weighted by molar-refractivity contribution is -0.109. The Morgan fingerprint density at radius 2 is 1.94 bits per heavy atom. The molecule has 1 N–H and O–H groups in total. The van der Waals surface area contributed by atoms with Gasteiger partial charge in [-0.1, -0.05) is 12.1 Å². The van der Waals surface area contributed by atoms with E-state index in [1.165, 1.54) is 12.1 Å². The Labute approximate surface area is 101 Å². The van der Waals surface area contributed by atoms with Crippen LogP contribution in [-0.4, -0.2) is 19.4 Å². The summed E-state index contributed by atoms with van der Waals surface area (Å²) in [4.78, 5) is 11.2. The molecule has 0 aliphatic carbocycles. The zero-order chi connectivity index (χ0) is 12.1. The highest BCUT2D eigenvalue weighted by atomic mass is 19.1. The van der Waals surface area contributed by atoms with Crippen LogP contribution in [-0.2, 0) is 4.79 Å². The Hall–Kier alpha value is -1.22. The van der Waals surface area contributed by atoms with Crippen LogP contribution < -0.4 is 5.32 Å². The van der Waals surface area contributed by atoms with E-state index in [2.05, 4.69) is 5.32 Å². The minimum atomic E-state index is -0.250. The molecule has 0 aromatic heterocycles. The van der Waals surface area contributed by atoms with Crippen molar-refractivity contribution in [2.75, 3.05) is 13.1 Å². The molecule has 1 aliphatic heterocycles. The molecule has 1 saturated heterocycles. The average molecular weight is 235 g/mol. The first-order valence-corrected chi connectivity index (χ1v) is 6.21. The van der Waals surface area contributed by atoms with Crippen LogP contribution in [0.4, 0.5) is 4.39 Å². The number of aldehydes is 1. The molecule has 92 valence electrons. The molecule has 0 amide bonds. The standard InChI is InChI=1S/C14H18FNO/c15-14-3-1-12(2-4-14)13(10-17)9-11-5-7-16-8-6-11/h1-4,10-11,13,16H,5-9H2. The van der Waals surface area contributed by atoms with Gasteiger partial charge in [0.25, 0.3) is 0 Å². The van der Waals surface area contributed by atoms with Gasteiger partial charge >= 0.3 is 0 Å². The first-order valence-electron chi connectivity index (χ1n) is 6.21.